The molecule has 1 amide bonds. The monoisotopic (exact) mass is 355 g/mol. The number of fused-ring (bicyclic) bond motifs is 1. The van der Waals surface area contributed by atoms with Crippen molar-refractivity contribution >= 4 is 28.7 Å². The van der Waals surface area contributed by atoms with Crippen LogP contribution in [-0.2, 0) is 30.2 Å². The highest BCUT2D eigenvalue weighted by molar-refractivity contribution is 6.29. The SMILES string of the molecule is CC1CN(C(=O)Cn2c(Cl)nc3c2c(=O)n(C)c(=O)n3C)CCO1. The Hall–Kier alpha value is -2.13. The second-order valence-corrected chi connectivity index (χ2v) is 6.20. The van der Waals surface area contributed by atoms with Gasteiger partial charge in [0.2, 0.25) is 11.2 Å². The van der Waals surface area contributed by atoms with Crippen LogP contribution in [0.2, 0.25) is 5.28 Å². The molecule has 0 N–H and O–H groups in total. The number of morpholine rings is 1. The van der Waals surface area contributed by atoms with Crippen LogP contribution < -0.4 is 11.2 Å². The van der Waals surface area contributed by atoms with E-state index < -0.39 is 11.2 Å². The van der Waals surface area contributed by atoms with Gasteiger partial charge in [-0.05, 0) is 18.5 Å². The average molecular weight is 356 g/mol. The minimum Gasteiger partial charge on any atom is -0.375 e. The summed E-state index contributed by atoms with van der Waals surface area (Å²) in [5.74, 6) is -0.178. The van der Waals surface area contributed by atoms with Crippen molar-refractivity contribution in [3.63, 3.8) is 0 Å². The summed E-state index contributed by atoms with van der Waals surface area (Å²) < 4.78 is 8.98. The van der Waals surface area contributed by atoms with Crippen molar-refractivity contribution < 1.29 is 9.53 Å². The summed E-state index contributed by atoms with van der Waals surface area (Å²) in [4.78, 5) is 42.7. The number of amides is 1. The van der Waals surface area contributed by atoms with Crippen molar-refractivity contribution in [2.24, 2.45) is 14.1 Å². The molecule has 0 radical (unpaired) electrons. The van der Waals surface area contributed by atoms with Gasteiger partial charge in [-0.15, -0.1) is 0 Å². The van der Waals surface area contributed by atoms with E-state index in [2.05, 4.69) is 4.98 Å². The van der Waals surface area contributed by atoms with E-state index in [-0.39, 0.29) is 35.0 Å². The van der Waals surface area contributed by atoms with Crippen molar-refractivity contribution in [1.29, 1.82) is 0 Å². The molecule has 24 heavy (non-hydrogen) atoms. The Bertz CT molecular complexity index is 928. The van der Waals surface area contributed by atoms with Crippen LogP contribution in [0, 0.1) is 0 Å². The van der Waals surface area contributed by atoms with Crippen LogP contribution in [0.5, 0.6) is 0 Å². The molecule has 0 bridgehead atoms. The maximum atomic E-state index is 12.5. The number of hydrogen-bond donors (Lipinski definition) is 0. The number of imidazole rings is 1. The molecule has 9 nitrogen and oxygen atoms in total. The van der Waals surface area contributed by atoms with E-state index in [1.54, 1.807) is 4.90 Å². The normalized spacial score (nSPS) is 18.3. The molecule has 3 heterocycles. The summed E-state index contributed by atoms with van der Waals surface area (Å²) in [5, 5.41) is -0.00189. The van der Waals surface area contributed by atoms with E-state index in [1.807, 2.05) is 6.92 Å². The van der Waals surface area contributed by atoms with Gasteiger partial charge in [0.25, 0.3) is 5.56 Å². The number of nitrogens with zero attached hydrogens (tertiary/aromatic N) is 5. The third-order valence-electron chi connectivity index (χ3n) is 4.19. The highest BCUT2D eigenvalue weighted by Crippen LogP contribution is 2.16. The topological polar surface area (TPSA) is 91.4 Å². The van der Waals surface area contributed by atoms with Crippen LogP contribution in [0.15, 0.2) is 9.59 Å². The van der Waals surface area contributed by atoms with Crippen LogP contribution in [0.1, 0.15) is 6.92 Å². The summed E-state index contributed by atoms with van der Waals surface area (Å²) in [6.45, 7) is 3.23. The van der Waals surface area contributed by atoms with Gasteiger partial charge in [0.15, 0.2) is 11.2 Å². The molecule has 2 aromatic heterocycles. The number of ether oxygens (including phenoxy) is 1. The van der Waals surface area contributed by atoms with Gasteiger partial charge in [0, 0.05) is 27.2 Å². The summed E-state index contributed by atoms with van der Waals surface area (Å²) >= 11 is 6.12. The molecule has 1 atom stereocenters. The Labute approximate surface area is 142 Å². The summed E-state index contributed by atoms with van der Waals surface area (Å²) in [5.41, 5.74) is -0.728. The summed E-state index contributed by atoms with van der Waals surface area (Å²) in [7, 11) is 2.88. The molecule has 3 rings (SSSR count). The van der Waals surface area contributed by atoms with Crippen LogP contribution in [0.4, 0.5) is 0 Å². The van der Waals surface area contributed by atoms with Crippen molar-refractivity contribution in [3.05, 3.63) is 26.1 Å². The van der Waals surface area contributed by atoms with Gasteiger partial charge < -0.3 is 9.64 Å². The first-order valence-electron chi connectivity index (χ1n) is 7.52. The van der Waals surface area contributed by atoms with E-state index in [4.69, 9.17) is 16.3 Å². The van der Waals surface area contributed by atoms with Crippen molar-refractivity contribution in [2.75, 3.05) is 19.7 Å². The number of carbonyl (C=O) groups excluding carboxylic acids is 1. The van der Waals surface area contributed by atoms with Gasteiger partial charge in [-0.3, -0.25) is 23.3 Å². The lowest BCUT2D eigenvalue weighted by molar-refractivity contribution is -0.138. The maximum absolute atomic E-state index is 12.5. The number of aryl methyl sites for hydroxylation is 1. The van der Waals surface area contributed by atoms with Gasteiger partial charge in [-0.25, -0.2) is 4.79 Å². The first-order chi connectivity index (χ1) is 11.3. The van der Waals surface area contributed by atoms with Crippen molar-refractivity contribution in [1.82, 2.24) is 23.6 Å². The number of aromatic nitrogens is 4. The molecule has 0 saturated carbocycles. The quantitative estimate of drug-likeness (QED) is 0.667. The fraction of sp³-hybridized carbons (Fsp3) is 0.571. The van der Waals surface area contributed by atoms with Crippen LogP contribution in [0.3, 0.4) is 0 Å². The Morgan fingerprint density at radius 2 is 2.04 bits per heavy atom. The first-order valence-corrected chi connectivity index (χ1v) is 7.90. The second kappa shape index (κ2) is 6.06. The number of halogens is 1. The van der Waals surface area contributed by atoms with Crippen LogP contribution in [0.25, 0.3) is 11.2 Å². The maximum Gasteiger partial charge on any atom is 0.332 e. The molecule has 0 aromatic carbocycles. The largest absolute Gasteiger partial charge is 0.375 e. The number of hydrogen-bond acceptors (Lipinski definition) is 5. The molecule has 10 heteroatoms. The predicted octanol–water partition coefficient (Wildman–Crippen LogP) is -0.666. The van der Waals surface area contributed by atoms with E-state index in [0.29, 0.717) is 19.7 Å². The van der Waals surface area contributed by atoms with E-state index >= 15 is 0 Å². The van der Waals surface area contributed by atoms with Crippen LogP contribution >= 0.6 is 11.6 Å². The predicted molar refractivity (Wildman–Crippen MR) is 87.2 cm³/mol. The number of rotatable bonds is 2. The average Bonchev–Trinajstić information content (AvgIpc) is 2.88. The Kier molecular flexibility index (Phi) is 4.22. The zero-order valence-electron chi connectivity index (χ0n) is 13.7. The fourth-order valence-electron chi connectivity index (χ4n) is 2.84. The van der Waals surface area contributed by atoms with Gasteiger partial charge in [-0.1, -0.05) is 0 Å². The lowest BCUT2D eigenvalue weighted by atomic mass is 10.3. The standard InChI is InChI=1S/C14H18ClN5O4/c1-8-6-19(4-5-24-8)9(21)7-20-10-11(16-13(20)15)17(2)14(23)18(3)12(10)22/h8H,4-7H2,1-3H3. The molecular weight excluding hydrogens is 338 g/mol. The Morgan fingerprint density at radius 3 is 2.71 bits per heavy atom. The lowest BCUT2D eigenvalue weighted by Gasteiger charge is -2.31. The van der Waals surface area contributed by atoms with Gasteiger partial charge in [0.1, 0.15) is 6.54 Å². The molecular formula is C14H18ClN5O4. The first kappa shape index (κ1) is 16.7. The zero-order chi connectivity index (χ0) is 17.6. The van der Waals surface area contributed by atoms with E-state index in [9.17, 15) is 14.4 Å². The van der Waals surface area contributed by atoms with Gasteiger partial charge in [-0.2, -0.15) is 4.98 Å². The molecule has 0 aliphatic carbocycles. The highest BCUT2D eigenvalue weighted by atomic mass is 35.5. The minimum absolute atomic E-state index is 0.00189. The molecule has 1 unspecified atom stereocenters. The molecule has 1 fully saturated rings. The third kappa shape index (κ3) is 2.63. The molecule has 0 spiro atoms. The van der Waals surface area contributed by atoms with Crippen molar-refractivity contribution in [3.8, 4) is 0 Å². The van der Waals surface area contributed by atoms with Crippen LogP contribution in [-0.4, -0.2) is 55.3 Å². The molecule has 1 aliphatic heterocycles. The Balaban J connectivity index is 2.04. The molecule has 1 aliphatic rings. The van der Waals surface area contributed by atoms with E-state index in [0.717, 1.165) is 4.57 Å². The third-order valence-corrected chi connectivity index (χ3v) is 4.48. The van der Waals surface area contributed by atoms with Crippen molar-refractivity contribution in [2.45, 2.75) is 19.6 Å². The smallest absolute Gasteiger partial charge is 0.332 e. The van der Waals surface area contributed by atoms with E-state index in [1.165, 1.54) is 23.2 Å². The summed E-state index contributed by atoms with van der Waals surface area (Å²) in [6.07, 6.45) is -0.0357. The minimum atomic E-state index is -0.532. The zero-order valence-corrected chi connectivity index (χ0v) is 14.4. The van der Waals surface area contributed by atoms with Gasteiger partial charge in [0.05, 0.1) is 12.7 Å². The molecule has 130 valence electrons. The molecule has 1 saturated heterocycles. The number of carbonyl (C=O) groups is 1. The molecule has 2 aromatic rings. The lowest BCUT2D eigenvalue weighted by Crippen LogP contribution is -2.46. The second-order valence-electron chi connectivity index (χ2n) is 5.87. The Morgan fingerprint density at radius 1 is 1.33 bits per heavy atom. The fourth-order valence-corrected chi connectivity index (χ4v) is 3.07. The summed E-state index contributed by atoms with van der Waals surface area (Å²) in [6, 6.07) is 0. The van der Waals surface area contributed by atoms with Gasteiger partial charge >= 0.3 is 5.69 Å². The highest BCUT2D eigenvalue weighted by Gasteiger charge is 2.25.